The number of rotatable bonds is 6. The van der Waals surface area contributed by atoms with E-state index in [2.05, 4.69) is 20.0 Å². The van der Waals surface area contributed by atoms with Gasteiger partial charge in [0.25, 0.3) is 0 Å². The minimum atomic E-state index is -5.61. The second-order valence-electron chi connectivity index (χ2n) is 22.3. The van der Waals surface area contributed by atoms with Gasteiger partial charge in [0.15, 0.2) is 0 Å². The maximum atomic E-state index is 17.1. The van der Waals surface area contributed by atoms with Gasteiger partial charge in [-0.05, 0) is 0 Å². The Morgan fingerprint density at radius 3 is 0.923 bits per heavy atom. The first kappa shape index (κ1) is 69.7. The number of aliphatic imine (C=N–C) groups is 2. The summed E-state index contributed by atoms with van der Waals surface area (Å²) >= 11 is -5.61. The van der Waals surface area contributed by atoms with E-state index in [4.69, 9.17) is 0 Å². The van der Waals surface area contributed by atoms with Crippen LogP contribution in [0.15, 0.2) is 88.1 Å². The molecule has 0 saturated heterocycles. The van der Waals surface area contributed by atoms with Crippen molar-refractivity contribution in [1.82, 2.24) is 17.0 Å². The fourth-order valence-corrected chi connectivity index (χ4v) is 19.0. The van der Waals surface area contributed by atoms with Crippen LogP contribution in [0.25, 0.3) is 33.4 Å². The molecule has 104 heavy (non-hydrogen) atoms. The fraction of sp³-hybridized carbons (Fsp3) is 0. The van der Waals surface area contributed by atoms with E-state index in [9.17, 15) is 8.78 Å². The van der Waals surface area contributed by atoms with E-state index in [1.807, 2.05) is 0 Å². The number of nitrogens with one attached hydrogen (secondary N) is 2. The zero-order valence-corrected chi connectivity index (χ0v) is 51.1. The summed E-state index contributed by atoms with van der Waals surface area (Å²) in [7, 11) is 0. The second-order valence-corrected chi connectivity index (χ2v) is 26.7. The number of nitrogens with zero attached hydrogens (tertiary/aromatic N) is 4. The molecule has 529 valence electrons. The van der Waals surface area contributed by atoms with Gasteiger partial charge in [0, 0.05) is 0 Å². The zero-order valence-electron chi connectivity index (χ0n) is 49.0. The molecule has 0 saturated carbocycles. The monoisotopic (exact) mass is 1550 g/mol. The Morgan fingerprint density at radius 2 is 0.538 bits per heavy atom. The van der Waals surface area contributed by atoms with Gasteiger partial charge >= 0.3 is 549 Å². The number of hydrogen-bond acceptors (Lipinski definition) is 2. The van der Waals surface area contributed by atoms with Crippen LogP contribution in [0.4, 0.5) is 132 Å². The number of halogens is 30. The molecular formula is C66H15F30GeN6O. The molecule has 0 fully saturated rings. The van der Waals surface area contributed by atoms with E-state index in [-0.39, 0.29) is 5.48 Å². The van der Waals surface area contributed by atoms with Crippen molar-refractivity contribution in [1.29, 1.82) is 0 Å². The quantitative estimate of drug-likeness (QED) is 0.0718. The molecule has 5 aliphatic rings. The first-order chi connectivity index (χ1) is 48.7. The van der Waals surface area contributed by atoms with Crippen molar-refractivity contribution in [2.75, 3.05) is 0 Å². The molecule has 1 radical (unpaired) electrons. The van der Waals surface area contributed by atoms with Crippen molar-refractivity contribution >= 4 is 64.1 Å². The van der Waals surface area contributed by atoms with Crippen LogP contribution in [0.3, 0.4) is 0 Å². The average molecular weight is 1550 g/mol. The standard InChI is InChI=1S/C66H13F30GeN6.H2O/c67-36-30(37(68)49(80)60(91)48(36)79)24-13-1-2-14(98-13)25(31-38(69)50(81)61(92)51(82)39(31)70)16-5-6-18(100-16)27(33-42(73)54(85)63(94)55(86)43(33)74)20-7-8-21-28(34-44(75)56(87)64(95)57(88)45(34)76)22-9-10-23-29(35-46(77)58(89)65(96)59(90)47(35)78)66-12(97(102(20)21)103(22)23)11-19(101-66)26(17-4-3-15(24)99-17)32-40(71)52(83)62(93)53(84)41(32)72;/h1-11,99,101H;1H2. The molecule has 4 N–H and O–H groups in total. The van der Waals surface area contributed by atoms with E-state index >= 15 is 123 Å². The molecule has 4 aromatic heterocycles. The third-order valence-electron chi connectivity index (χ3n) is 17.1. The summed E-state index contributed by atoms with van der Waals surface area (Å²) in [6.45, 7) is 0. The van der Waals surface area contributed by atoms with E-state index in [1.54, 1.807) is 0 Å². The number of allylic oxidation sites excluding steroid dienone is 5. The van der Waals surface area contributed by atoms with Gasteiger partial charge in [0.05, 0.1) is 0 Å². The van der Waals surface area contributed by atoms with Crippen LogP contribution in [0, 0.1) is 175 Å². The summed E-state index contributed by atoms with van der Waals surface area (Å²) in [4.78, 5) is 12.4. The zero-order chi connectivity index (χ0) is 74.1. The minimum absolute atomic E-state index is 0. The first-order valence-corrected chi connectivity index (χ1v) is 31.0. The van der Waals surface area contributed by atoms with Crippen molar-refractivity contribution in [3.8, 4) is 0 Å². The van der Waals surface area contributed by atoms with Crippen molar-refractivity contribution in [2.24, 2.45) is 9.98 Å². The molecular weight excluding hydrogens is 1540 g/mol. The van der Waals surface area contributed by atoms with Crippen LogP contribution < -0.4 is 25.8 Å². The molecule has 10 aromatic rings. The van der Waals surface area contributed by atoms with Gasteiger partial charge < -0.3 is 5.48 Å². The largest absolute Gasteiger partial charge is 0.412 e. The Hall–Kier alpha value is -11.4. The summed E-state index contributed by atoms with van der Waals surface area (Å²) in [5, 5.41) is -4.69. The number of benzene rings is 6. The molecule has 15 rings (SSSR count). The van der Waals surface area contributed by atoms with Crippen molar-refractivity contribution < 1.29 is 137 Å². The van der Waals surface area contributed by atoms with Gasteiger partial charge in [-0.25, -0.2) is 4.39 Å². The topological polar surface area (TPSA) is 97.7 Å². The Morgan fingerprint density at radius 1 is 0.260 bits per heavy atom. The average Bonchev–Trinajstić information content (AvgIpc) is 1.47. The number of aromatic amines is 2. The molecule has 8 bridgehead atoms. The third-order valence-corrected chi connectivity index (χ3v) is 22.7. The molecule has 7 nitrogen and oxygen atoms in total. The van der Waals surface area contributed by atoms with Gasteiger partial charge in [-0.2, -0.15) is 0 Å². The van der Waals surface area contributed by atoms with Crippen LogP contribution in [0.1, 0.15) is 56.2 Å². The summed E-state index contributed by atoms with van der Waals surface area (Å²) in [5.41, 5.74) is -33.0. The third kappa shape index (κ3) is 9.18. The van der Waals surface area contributed by atoms with E-state index < -0.39 is 328 Å². The van der Waals surface area contributed by atoms with Crippen molar-refractivity contribution in [3.05, 3.63) is 330 Å². The molecule has 0 aliphatic carbocycles. The normalized spacial score (nSPS) is 14.6. The van der Waals surface area contributed by atoms with E-state index in [0.717, 1.165) is 0 Å². The molecule has 9 heterocycles. The molecule has 6 aromatic carbocycles. The second kappa shape index (κ2) is 23.8. The van der Waals surface area contributed by atoms with Gasteiger partial charge in [0.2, 0.25) is 0 Å². The molecule has 5 aliphatic heterocycles. The van der Waals surface area contributed by atoms with Crippen LogP contribution >= 0.6 is 0 Å². The van der Waals surface area contributed by atoms with Crippen LogP contribution in [0.2, 0.25) is 0 Å². The first-order valence-electron chi connectivity index (χ1n) is 28.0. The molecule has 0 amide bonds. The Kier molecular flexibility index (Phi) is 16.0. The fourth-order valence-electron chi connectivity index (χ4n) is 12.7. The Bertz CT molecular complexity index is 6090. The van der Waals surface area contributed by atoms with Gasteiger partial charge in [-0.15, -0.1) is 0 Å². The summed E-state index contributed by atoms with van der Waals surface area (Å²) in [5.74, 6) is -86.3. The molecule has 0 unspecified atom stereocenters. The Labute approximate surface area is 556 Å². The van der Waals surface area contributed by atoms with Crippen molar-refractivity contribution in [3.63, 3.8) is 0 Å². The predicted octanol–water partition coefficient (Wildman–Crippen LogP) is 12.9. The number of H-pyrrole nitrogens is 2. The SMILES string of the molecule is Fc1c(F)c(F)c(C2=C3C=CC(=N3)C(c3c(F)c(F)c(F)c(F)c3F)=c3ccc([nH]3)=C(c3c(F)c(F)c(F)c(F)c3F)c3c[c]4c([nH]3)C(c3c(F)c(F)c(F)c(F)c3F)=c3ccc5[n]3[Ge]4[n]3c(ccc3C=5c3c(F)c(F)c(F)c(F)c3F)C(c3c(F)c(F)c(F)c(F)c3F)=C3C=CC2=N3)c(F)c1F.O. The number of fused-ring (bicyclic) bond motifs is 5. The Balaban J connectivity index is 0.00000913. The maximum Gasteiger partial charge on any atom is -0.412 e. The predicted molar refractivity (Wildman–Crippen MR) is 300 cm³/mol. The van der Waals surface area contributed by atoms with Gasteiger partial charge in [-0.1, -0.05) is 0 Å². The molecule has 0 atom stereocenters. The summed E-state index contributed by atoms with van der Waals surface area (Å²) < 4.78 is 482. The molecule has 0 spiro atoms. The van der Waals surface area contributed by atoms with Crippen LogP contribution in [-0.2, 0) is 0 Å². The number of hydrogen-bond donors (Lipinski definition) is 2. The van der Waals surface area contributed by atoms with Crippen LogP contribution in [-0.4, -0.2) is 48.7 Å². The maximum absolute atomic E-state index is 17.1. The number of aromatic nitrogens is 4. The summed E-state index contributed by atoms with van der Waals surface area (Å²) in [6, 6.07) is 3.37. The van der Waals surface area contributed by atoms with Gasteiger partial charge in [0.1, 0.15) is 0 Å². The van der Waals surface area contributed by atoms with E-state index in [1.165, 1.54) is 0 Å². The summed E-state index contributed by atoms with van der Waals surface area (Å²) in [6.07, 6.45) is 1.50. The van der Waals surface area contributed by atoms with Crippen LogP contribution in [0.5, 0.6) is 0 Å². The van der Waals surface area contributed by atoms with Crippen molar-refractivity contribution in [2.45, 2.75) is 0 Å². The van der Waals surface area contributed by atoms with Gasteiger partial charge in [-0.3, -0.25) is 0 Å². The van der Waals surface area contributed by atoms with E-state index in [0.29, 0.717) is 73.8 Å². The molecule has 38 heteroatoms. The minimum Gasteiger partial charge on any atom is -0.412 e. The smallest absolute Gasteiger partial charge is 0.412 e.